The Kier molecular flexibility index (Phi) is 3.70. The van der Waals surface area contributed by atoms with Crippen LogP contribution in [-0.4, -0.2) is 42.5 Å². The molecule has 0 radical (unpaired) electrons. The van der Waals surface area contributed by atoms with E-state index >= 15 is 0 Å². The second-order valence-electron chi connectivity index (χ2n) is 3.79. The summed E-state index contributed by atoms with van der Waals surface area (Å²) in [6.07, 6.45) is 1.82. The van der Waals surface area contributed by atoms with E-state index in [1.165, 1.54) is 18.7 Å². The van der Waals surface area contributed by atoms with Gasteiger partial charge in [-0.05, 0) is 24.6 Å². The molecular weight excluding hydrogens is 230 g/mol. The number of aliphatic imine (C=N–C) groups is 1. The minimum atomic E-state index is -0.265. The lowest BCUT2D eigenvalue weighted by molar-refractivity contribution is -0.147. The van der Waals surface area contributed by atoms with E-state index in [1.54, 1.807) is 7.11 Å². The molecule has 1 saturated heterocycles. The fourth-order valence-electron chi connectivity index (χ4n) is 1.77. The fourth-order valence-corrected chi connectivity index (χ4v) is 2.83. The van der Waals surface area contributed by atoms with E-state index in [0.717, 1.165) is 12.8 Å². The molecule has 2 aliphatic rings. The van der Waals surface area contributed by atoms with Gasteiger partial charge in [0.1, 0.15) is 12.0 Å². The number of carbonyl (C=O) groups excluding carboxylic acids is 1. The molecule has 2 aliphatic heterocycles. The SMILES string of the molecule is COC1=N[C@@H]2CC[C@H](COC(C)=O)O[C@@H]2S1. The second-order valence-corrected chi connectivity index (χ2v) is 4.84. The molecule has 0 unspecified atom stereocenters. The Hall–Kier alpha value is -0.750. The lowest BCUT2D eigenvalue weighted by Crippen LogP contribution is -2.36. The molecule has 90 valence electrons. The Morgan fingerprint density at radius 2 is 2.44 bits per heavy atom. The van der Waals surface area contributed by atoms with Gasteiger partial charge in [0.05, 0.1) is 19.3 Å². The van der Waals surface area contributed by atoms with Gasteiger partial charge in [-0.3, -0.25) is 4.79 Å². The van der Waals surface area contributed by atoms with Crippen LogP contribution in [0.5, 0.6) is 0 Å². The summed E-state index contributed by atoms with van der Waals surface area (Å²) in [5.41, 5.74) is 0.0178. The number of hydrogen-bond donors (Lipinski definition) is 0. The lowest BCUT2D eigenvalue weighted by atomic mass is 10.1. The van der Waals surface area contributed by atoms with E-state index in [1.807, 2.05) is 0 Å². The molecule has 2 rings (SSSR count). The Balaban J connectivity index is 1.82. The standard InChI is InChI=1S/C10H15NO4S/c1-6(12)14-5-7-3-4-8-9(15-7)16-10(11-8)13-2/h7-9H,3-5H2,1-2H3/t7-,8-,9-/m1/s1. The highest BCUT2D eigenvalue weighted by molar-refractivity contribution is 8.14. The summed E-state index contributed by atoms with van der Waals surface area (Å²) >= 11 is 1.50. The smallest absolute Gasteiger partial charge is 0.302 e. The average molecular weight is 245 g/mol. The van der Waals surface area contributed by atoms with Crippen LogP contribution < -0.4 is 0 Å². The van der Waals surface area contributed by atoms with E-state index < -0.39 is 0 Å². The molecule has 0 amide bonds. The maximum Gasteiger partial charge on any atom is 0.302 e. The maximum atomic E-state index is 10.7. The monoisotopic (exact) mass is 245 g/mol. The molecule has 16 heavy (non-hydrogen) atoms. The summed E-state index contributed by atoms with van der Waals surface area (Å²) in [6, 6.07) is 0.188. The van der Waals surface area contributed by atoms with Crippen molar-refractivity contribution in [2.24, 2.45) is 4.99 Å². The van der Waals surface area contributed by atoms with Crippen molar-refractivity contribution >= 4 is 23.0 Å². The first-order valence-corrected chi connectivity index (χ1v) is 6.14. The molecule has 3 atom stereocenters. The zero-order valence-corrected chi connectivity index (χ0v) is 10.2. The summed E-state index contributed by atoms with van der Waals surface area (Å²) in [5.74, 6) is -0.265. The summed E-state index contributed by atoms with van der Waals surface area (Å²) in [7, 11) is 1.61. The van der Waals surface area contributed by atoms with Gasteiger partial charge < -0.3 is 14.2 Å². The van der Waals surface area contributed by atoms with Gasteiger partial charge in [-0.2, -0.15) is 0 Å². The molecule has 0 aromatic carbocycles. The van der Waals surface area contributed by atoms with Crippen LogP contribution in [0.1, 0.15) is 19.8 Å². The predicted octanol–water partition coefficient (Wildman–Crippen LogP) is 1.17. The van der Waals surface area contributed by atoms with Gasteiger partial charge in [0.25, 0.3) is 0 Å². The van der Waals surface area contributed by atoms with E-state index in [0.29, 0.717) is 11.8 Å². The van der Waals surface area contributed by atoms with Crippen LogP contribution >= 0.6 is 11.8 Å². The zero-order valence-electron chi connectivity index (χ0n) is 9.34. The van der Waals surface area contributed by atoms with Gasteiger partial charge in [0.15, 0.2) is 0 Å². The minimum absolute atomic E-state index is 0.0101. The third-order valence-electron chi connectivity index (χ3n) is 2.56. The summed E-state index contributed by atoms with van der Waals surface area (Å²) in [4.78, 5) is 15.1. The van der Waals surface area contributed by atoms with E-state index in [-0.39, 0.29) is 23.6 Å². The average Bonchev–Trinajstić information content (AvgIpc) is 2.68. The van der Waals surface area contributed by atoms with Crippen LogP contribution in [0.4, 0.5) is 0 Å². The number of carbonyl (C=O) groups is 1. The van der Waals surface area contributed by atoms with Crippen molar-refractivity contribution in [3.63, 3.8) is 0 Å². The highest BCUT2D eigenvalue weighted by atomic mass is 32.2. The summed E-state index contributed by atoms with van der Waals surface area (Å²) in [5, 5.41) is 0.683. The Morgan fingerprint density at radius 1 is 1.62 bits per heavy atom. The summed E-state index contributed by atoms with van der Waals surface area (Å²) in [6.45, 7) is 1.74. The van der Waals surface area contributed by atoms with Crippen molar-refractivity contribution in [1.29, 1.82) is 0 Å². The van der Waals surface area contributed by atoms with Gasteiger partial charge >= 0.3 is 5.97 Å². The van der Waals surface area contributed by atoms with Gasteiger partial charge in [-0.1, -0.05) is 0 Å². The first kappa shape index (κ1) is 11.7. The van der Waals surface area contributed by atoms with Crippen molar-refractivity contribution in [3.8, 4) is 0 Å². The second kappa shape index (κ2) is 5.05. The van der Waals surface area contributed by atoms with E-state index in [9.17, 15) is 4.79 Å². The van der Waals surface area contributed by atoms with Crippen molar-refractivity contribution in [2.45, 2.75) is 37.3 Å². The molecule has 0 bridgehead atoms. The number of thioether (sulfide) groups is 1. The number of methoxy groups -OCH3 is 1. The Labute approximate surface area is 98.5 Å². The minimum Gasteiger partial charge on any atom is -0.476 e. The zero-order chi connectivity index (χ0) is 11.5. The molecule has 0 aromatic heterocycles. The van der Waals surface area contributed by atoms with Crippen molar-refractivity contribution < 1.29 is 19.0 Å². The number of ether oxygens (including phenoxy) is 3. The van der Waals surface area contributed by atoms with Gasteiger partial charge in [-0.15, -0.1) is 0 Å². The lowest BCUT2D eigenvalue weighted by Gasteiger charge is -2.29. The molecule has 5 nitrogen and oxygen atoms in total. The Morgan fingerprint density at radius 3 is 3.12 bits per heavy atom. The molecule has 0 aromatic rings. The van der Waals surface area contributed by atoms with Crippen LogP contribution in [0.2, 0.25) is 0 Å². The van der Waals surface area contributed by atoms with E-state index in [4.69, 9.17) is 14.2 Å². The van der Waals surface area contributed by atoms with Crippen molar-refractivity contribution in [1.82, 2.24) is 0 Å². The summed E-state index contributed by atoms with van der Waals surface area (Å²) < 4.78 is 15.8. The molecular formula is C10H15NO4S. The van der Waals surface area contributed by atoms with Crippen LogP contribution in [0, 0.1) is 0 Å². The van der Waals surface area contributed by atoms with Gasteiger partial charge in [0.2, 0.25) is 5.23 Å². The van der Waals surface area contributed by atoms with Gasteiger partial charge in [0, 0.05) is 6.92 Å². The molecule has 0 spiro atoms. The molecule has 0 aliphatic carbocycles. The van der Waals surface area contributed by atoms with Crippen LogP contribution in [0.15, 0.2) is 4.99 Å². The first-order valence-electron chi connectivity index (χ1n) is 5.26. The first-order chi connectivity index (χ1) is 7.69. The van der Waals surface area contributed by atoms with Crippen LogP contribution in [0.3, 0.4) is 0 Å². The highest BCUT2D eigenvalue weighted by Gasteiger charge is 2.38. The van der Waals surface area contributed by atoms with Crippen molar-refractivity contribution in [3.05, 3.63) is 0 Å². The molecule has 2 heterocycles. The third kappa shape index (κ3) is 2.68. The van der Waals surface area contributed by atoms with Gasteiger partial charge in [-0.25, -0.2) is 4.99 Å². The van der Waals surface area contributed by atoms with Crippen molar-refractivity contribution in [2.75, 3.05) is 13.7 Å². The third-order valence-corrected chi connectivity index (χ3v) is 3.69. The van der Waals surface area contributed by atoms with Crippen LogP contribution in [0.25, 0.3) is 0 Å². The number of esters is 1. The molecule has 1 fully saturated rings. The number of rotatable bonds is 2. The van der Waals surface area contributed by atoms with Crippen LogP contribution in [-0.2, 0) is 19.0 Å². The maximum absolute atomic E-state index is 10.7. The quantitative estimate of drug-likeness (QED) is 0.684. The molecule has 0 saturated carbocycles. The Bertz CT molecular complexity index is 307. The van der Waals surface area contributed by atoms with E-state index in [2.05, 4.69) is 4.99 Å². The molecule has 6 heteroatoms. The normalized spacial score (nSPS) is 32.9. The fraction of sp³-hybridized carbons (Fsp3) is 0.800. The number of nitrogens with zero attached hydrogens (tertiary/aromatic N) is 1. The number of fused-ring (bicyclic) bond motifs is 1. The predicted molar refractivity (Wildman–Crippen MR) is 60.4 cm³/mol. The topological polar surface area (TPSA) is 57.1 Å². The largest absolute Gasteiger partial charge is 0.476 e. The highest BCUT2D eigenvalue weighted by Crippen LogP contribution is 2.36. The molecule has 0 N–H and O–H groups in total. The number of hydrogen-bond acceptors (Lipinski definition) is 6.